The number of hydrogen-bond donors (Lipinski definition) is 2. The van der Waals surface area contributed by atoms with Crippen molar-refractivity contribution in [3.05, 3.63) is 65.0 Å². The van der Waals surface area contributed by atoms with Gasteiger partial charge in [-0.05, 0) is 43.2 Å². The quantitative estimate of drug-likeness (QED) is 0.674. The average molecular weight is 407 g/mol. The number of pyridine rings is 1. The molecule has 3 N–H and O–H groups in total. The van der Waals surface area contributed by atoms with Crippen LogP contribution in [0.4, 0.5) is 0 Å². The fourth-order valence-electron chi connectivity index (χ4n) is 3.70. The van der Waals surface area contributed by atoms with Gasteiger partial charge < -0.3 is 5.32 Å². The molecule has 9 nitrogen and oxygen atoms in total. The van der Waals surface area contributed by atoms with Crippen molar-refractivity contribution < 1.29 is 29.3 Å². The number of carbonyl (C=O) groups is 5. The number of hydrogen-bond acceptors (Lipinski definition) is 6. The molecule has 3 heterocycles. The number of fused-ring (bicyclic) bond motifs is 1. The van der Waals surface area contributed by atoms with Gasteiger partial charge in [-0.2, -0.15) is 0 Å². The summed E-state index contributed by atoms with van der Waals surface area (Å²) in [6.07, 6.45) is 1.71. The number of rotatable bonds is 4. The molecular weight excluding hydrogens is 388 g/mol. The first-order valence-corrected chi connectivity index (χ1v) is 9.44. The van der Waals surface area contributed by atoms with Gasteiger partial charge in [0, 0.05) is 12.7 Å². The highest BCUT2D eigenvalue weighted by atomic mass is 16.2. The molecular formula is C21H19N4O5+. The van der Waals surface area contributed by atoms with Gasteiger partial charge in [0.2, 0.25) is 0 Å². The molecule has 0 unspecified atom stereocenters. The van der Waals surface area contributed by atoms with Gasteiger partial charge in [0.15, 0.2) is 5.54 Å². The van der Waals surface area contributed by atoms with Gasteiger partial charge >= 0.3 is 11.8 Å². The summed E-state index contributed by atoms with van der Waals surface area (Å²) in [6, 6.07) is 9.70. The molecule has 9 heteroatoms. The largest absolute Gasteiger partial charge is 0.347 e. The van der Waals surface area contributed by atoms with E-state index in [1.165, 1.54) is 19.2 Å². The van der Waals surface area contributed by atoms with E-state index in [4.69, 9.17) is 0 Å². The second kappa shape index (κ2) is 7.27. The van der Waals surface area contributed by atoms with Gasteiger partial charge in [-0.1, -0.05) is 12.1 Å². The molecule has 0 aliphatic carbocycles. The summed E-state index contributed by atoms with van der Waals surface area (Å²) < 4.78 is 0. The molecule has 4 rings (SSSR count). The summed E-state index contributed by atoms with van der Waals surface area (Å²) in [5, 5.41) is 3.68. The van der Waals surface area contributed by atoms with Crippen molar-refractivity contribution in [2.45, 2.75) is 31.8 Å². The lowest BCUT2D eigenvalue weighted by atomic mass is 9.89. The van der Waals surface area contributed by atoms with Crippen molar-refractivity contribution >= 4 is 29.5 Å². The molecule has 0 radical (unpaired) electrons. The zero-order valence-electron chi connectivity index (χ0n) is 16.2. The third kappa shape index (κ3) is 3.18. The molecule has 5 amide bonds. The third-order valence-electron chi connectivity index (χ3n) is 5.48. The monoisotopic (exact) mass is 407 g/mol. The van der Waals surface area contributed by atoms with Crippen molar-refractivity contribution in [3.63, 3.8) is 0 Å². The minimum atomic E-state index is -1.38. The first kappa shape index (κ1) is 19.6. The maximum atomic E-state index is 13.0. The predicted octanol–water partition coefficient (Wildman–Crippen LogP) is -0.223. The van der Waals surface area contributed by atoms with Crippen LogP contribution in [0, 0.1) is 0 Å². The van der Waals surface area contributed by atoms with Crippen molar-refractivity contribution in [2.75, 3.05) is 0 Å². The highest BCUT2D eigenvalue weighted by Crippen LogP contribution is 2.33. The van der Waals surface area contributed by atoms with Crippen LogP contribution in [0.2, 0.25) is 0 Å². The van der Waals surface area contributed by atoms with Crippen LogP contribution in [0.3, 0.4) is 0 Å². The van der Waals surface area contributed by atoms with E-state index in [1.54, 1.807) is 30.3 Å². The predicted molar refractivity (Wildman–Crippen MR) is 102 cm³/mol. The molecule has 152 valence electrons. The van der Waals surface area contributed by atoms with E-state index in [0.29, 0.717) is 5.56 Å². The lowest BCUT2D eigenvalue weighted by molar-refractivity contribution is -0.499. The van der Waals surface area contributed by atoms with Gasteiger partial charge in [-0.3, -0.25) is 24.3 Å². The van der Waals surface area contributed by atoms with E-state index < -0.39 is 23.3 Å². The minimum absolute atomic E-state index is 0.0969. The summed E-state index contributed by atoms with van der Waals surface area (Å²) in [5.74, 6) is -2.35. The van der Waals surface area contributed by atoms with Crippen molar-refractivity contribution in [1.29, 1.82) is 0 Å². The van der Waals surface area contributed by atoms with Crippen LogP contribution < -0.4 is 10.6 Å². The Morgan fingerprint density at radius 3 is 2.60 bits per heavy atom. The van der Waals surface area contributed by atoms with Crippen LogP contribution in [0.25, 0.3) is 0 Å². The van der Waals surface area contributed by atoms with Crippen LogP contribution in [0.15, 0.2) is 42.6 Å². The summed E-state index contributed by atoms with van der Waals surface area (Å²) in [4.78, 5) is 67.0. The number of aromatic nitrogens is 1. The van der Waals surface area contributed by atoms with Crippen molar-refractivity contribution in [1.82, 2.24) is 15.2 Å². The van der Waals surface area contributed by atoms with Crippen LogP contribution in [0.5, 0.6) is 0 Å². The Balaban J connectivity index is 1.54. The second-order valence-electron chi connectivity index (χ2n) is 7.47. The van der Waals surface area contributed by atoms with Gasteiger partial charge in [0.05, 0.1) is 17.5 Å². The van der Waals surface area contributed by atoms with E-state index in [1.807, 2.05) is 0 Å². The number of nitrogens with two attached hydrogens (primary N) is 1. The number of benzene rings is 1. The van der Waals surface area contributed by atoms with Gasteiger partial charge in [-0.25, -0.2) is 14.9 Å². The van der Waals surface area contributed by atoms with Crippen molar-refractivity contribution in [3.8, 4) is 0 Å². The fraction of sp³-hybridized carbons (Fsp3) is 0.238. The highest BCUT2D eigenvalue weighted by Gasteiger charge is 2.55. The van der Waals surface area contributed by atoms with E-state index in [0.717, 1.165) is 10.2 Å². The molecule has 30 heavy (non-hydrogen) atoms. The smallest absolute Gasteiger partial charge is 0.343 e. The van der Waals surface area contributed by atoms with Crippen LogP contribution in [0.1, 0.15) is 56.5 Å². The van der Waals surface area contributed by atoms with E-state index in [2.05, 4.69) is 10.3 Å². The molecule has 1 saturated heterocycles. The zero-order chi connectivity index (χ0) is 21.5. The fourth-order valence-corrected chi connectivity index (χ4v) is 3.70. The van der Waals surface area contributed by atoms with Crippen molar-refractivity contribution in [2.24, 2.45) is 0 Å². The Morgan fingerprint density at radius 1 is 1.13 bits per heavy atom. The molecule has 1 aromatic heterocycles. The number of imide groups is 2. The first-order chi connectivity index (χ1) is 14.3. The number of primary amides is 2. The Hall–Kier alpha value is -3.72. The lowest BCUT2D eigenvalue weighted by Crippen LogP contribution is -2.98. The highest BCUT2D eigenvalue weighted by molar-refractivity contribution is 6.23. The minimum Gasteiger partial charge on any atom is -0.347 e. The lowest BCUT2D eigenvalue weighted by Gasteiger charge is -2.35. The number of nitrogens with zero attached hydrogens (tertiary/aromatic N) is 2. The van der Waals surface area contributed by atoms with Crippen LogP contribution >= 0.6 is 0 Å². The summed E-state index contributed by atoms with van der Waals surface area (Å²) in [5.41, 5.74) is -0.108. The molecule has 1 aromatic carbocycles. The van der Waals surface area contributed by atoms with Crippen LogP contribution in [-0.2, 0) is 16.1 Å². The molecule has 2 aliphatic heterocycles. The van der Waals surface area contributed by atoms with Gasteiger partial charge in [0.25, 0.3) is 17.7 Å². The molecule has 1 atom stereocenters. The van der Waals surface area contributed by atoms with Gasteiger partial charge in [-0.15, -0.1) is 0 Å². The summed E-state index contributed by atoms with van der Waals surface area (Å²) in [6.45, 7) is 1.65. The SMILES string of the molecule is C[C@]1(N2C(=O)c3ccc(CNC(=O)c4ccccn4)cc3C2=O)CCC(=O)[NH2+]C1=O. The topological polar surface area (TPSA) is 130 Å². The maximum Gasteiger partial charge on any atom is 0.343 e. The normalized spacial score (nSPS) is 21.0. The Kier molecular flexibility index (Phi) is 4.75. The van der Waals surface area contributed by atoms with Gasteiger partial charge in [0.1, 0.15) is 5.69 Å². The maximum absolute atomic E-state index is 13.0. The molecule has 0 spiro atoms. The number of carbonyl (C=O) groups excluding carboxylic acids is 5. The second-order valence-corrected chi connectivity index (χ2v) is 7.47. The zero-order valence-corrected chi connectivity index (χ0v) is 16.2. The number of piperidine rings is 1. The molecule has 2 aliphatic rings. The Bertz CT molecular complexity index is 1100. The van der Waals surface area contributed by atoms with E-state index in [-0.39, 0.29) is 48.0 Å². The molecule has 2 aromatic rings. The summed E-state index contributed by atoms with van der Waals surface area (Å²) in [7, 11) is 0. The average Bonchev–Trinajstić information content (AvgIpc) is 3.00. The number of quaternary nitrogens is 1. The van der Waals surface area contributed by atoms with E-state index in [9.17, 15) is 24.0 Å². The van der Waals surface area contributed by atoms with Crippen LogP contribution in [-0.4, -0.2) is 45.0 Å². The molecule has 0 bridgehead atoms. The Labute approximate surface area is 171 Å². The number of nitrogens with one attached hydrogen (secondary N) is 1. The standard InChI is InChI=1S/C21H18N4O5/c1-21(8-7-16(26)24-20(21)30)25-18(28)13-6-5-12(10-14(13)19(25)29)11-23-17(27)15-4-2-3-9-22-15/h2-6,9-10H,7-8,11H2,1H3,(H,23,27)(H,24,26,30)/p+1/t21-/m0/s1. The summed E-state index contributed by atoms with van der Waals surface area (Å²) >= 11 is 0. The molecule has 1 fully saturated rings. The first-order valence-electron chi connectivity index (χ1n) is 9.44. The Morgan fingerprint density at radius 2 is 1.90 bits per heavy atom. The third-order valence-corrected chi connectivity index (χ3v) is 5.48. The van der Waals surface area contributed by atoms with E-state index >= 15 is 0 Å². The number of amides is 5. The molecule has 0 saturated carbocycles.